The van der Waals surface area contributed by atoms with Crippen molar-refractivity contribution in [2.45, 2.75) is 44.6 Å². The van der Waals surface area contributed by atoms with Gasteiger partial charge in [-0.05, 0) is 25.8 Å². The molecular weight excluding hydrogens is 388 g/mol. The summed E-state index contributed by atoms with van der Waals surface area (Å²) in [4.78, 5) is 26.9. The van der Waals surface area contributed by atoms with Crippen LogP contribution in [0.3, 0.4) is 0 Å². The first-order chi connectivity index (χ1) is 13.6. The fourth-order valence-electron chi connectivity index (χ4n) is 3.28. The minimum atomic E-state index is -0.0718. The van der Waals surface area contributed by atoms with Crippen LogP contribution in [0.2, 0.25) is 0 Å². The number of nitrogens with zero attached hydrogens (tertiary/aromatic N) is 3. The molecule has 0 aliphatic heterocycles. The first-order valence-electron chi connectivity index (χ1n) is 9.30. The van der Waals surface area contributed by atoms with Crippen molar-refractivity contribution in [3.63, 3.8) is 0 Å². The lowest BCUT2D eigenvalue weighted by atomic mass is 10.0. The molecule has 0 bridgehead atoms. The molecule has 0 saturated carbocycles. The van der Waals surface area contributed by atoms with Gasteiger partial charge in [0.05, 0.1) is 11.1 Å². The van der Waals surface area contributed by atoms with Crippen molar-refractivity contribution in [3.05, 3.63) is 63.3 Å². The number of aromatic amines is 1. The van der Waals surface area contributed by atoms with E-state index in [1.54, 1.807) is 23.1 Å². The zero-order valence-electron chi connectivity index (χ0n) is 16.2. The zero-order chi connectivity index (χ0) is 19.7. The van der Waals surface area contributed by atoms with Crippen LogP contribution in [-0.4, -0.2) is 19.5 Å². The third kappa shape index (κ3) is 3.64. The van der Waals surface area contributed by atoms with E-state index in [0.29, 0.717) is 17.0 Å². The van der Waals surface area contributed by atoms with Crippen LogP contribution in [0.15, 0.2) is 46.6 Å². The van der Waals surface area contributed by atoms with Crippen LogP contribution in [0.5, 0.6) is 0 Å². The number of imidazole rings is 1. The average molecular weight is 411 g/mol. The van der Waals surface area contributed by atoms with Crippen molar-refractivity contribution >= 4 is 33.3 Å². The monoisotopic (exact) mass is 410 g/mol. The Hall–Kier alpha value is -2.38. The van der Waals surface area contributed by atoms with Crippen molar-refractivity contribution in [1.29, 1.82) is 0 Å². The molecule has 0 aliphatic rings. The Morgan fingerprint density at radius 2 is 2.00 bits per heavy atom. The van der Waals surface area contributed by atoms with E-state index < -0.39 is 0 Å². The molecular formula is C21H22N4OS2. The molecule has 144 valence electrons. The van der Waals surface area contributed by atoms with E-state index in [-0.39, 0.29) is 5.56 Å². The first-order valence-corrected chi connectivity index (χ1v) is 11.1. The quantitative estimate of drug-likeness (QED) is 0.446. The molecule has 5 nitrogen and oxygen atoms in total. The maximum Gasteiger partial charge on any atom is 0.260 e. The minimum Gasteiger partial charge on any atom is -0.326 e. The van der Waals surface area contributed by atoms with Crippen LogP contribution in [-0.2, 0) is 12.3 Å². The highest BCUT2D eigenvalue weighted by Crippen LogP contribution is 2.35. The van der Waals surface area contributed by atoms with Crippen LogP contribution in [0, 0.1) is 13.8 Å². The Kier molecular flexibility index (Phi) is 5.37. The fourth-order valence-corrected chi connectivity index (χ4v) is 5.20. The summed E-state index contributed by atoms with van der Waals surface area (Å²) >= 11 is 3.18. The highest BCUT2D eigenvalue weighted by molar-refractivity contribution is 7.98. The van der Waals surface area contributed by atoms with Crippen LogP contribution in [0.25, 0.3) is 21.3 Å². The van der Waals surface area contributed by atoms with Gasteiger partial charge in [0, 0.05) is 29.4 Å². The van der Waals surface area contributed by atoms with Gasteiger partial charge < -0.3 is 9.55 Å². The van der Waals surface area contributed by atoms with E-state index >= 15 is 0 Å². The number of thioether (sulfide) groups is 1. The van der Waals surface area contributed by atoms with Gasteiger partial charge in [0.25, 0.3) is 5.56 Å². The molecule has 0 fully saturated rings. The summed E-state index contributed by atoms with van der Waals surface area (Å²) in [5.74, 6) is 1.27. The molecule has 28 heavy (non-hydrogen) atoms. The van der Waals surface area contributed by atoms with Gasteiger partial charge in [-0.25, -0.2) is 9.97 Å². The first kappa shape index (κ1) is 19.0. The van der Waals surface area contributed by atoms with Crippen molar-refractivity contribution in [3.8, 4) is 11.1 Å². The average Bonchev–Trinajstić information content (AvgIpc) is 3.25. The Morgan fingerprint density at radius 1 is 1.21 bits per heavy atom. The molecule has 0 atom stereocenters. The second kappa shape index (κ2) is 7.93. The second-order valence-electron chi connectivity index (χ2n) is 6.78. The number of benzene rings is 1. The van der Waals surface area contributed by atoms with E-state index in [0.717, 1.165) is 39.0 Å². The lowest BCUT2D eigenvalue weighted by molar-refractivity contribution is 0.620. The minimum absolute atomic E-state index is 0.0718. The highest BCUT2D eigenvalue weighted by Gasteiger charge is 2.17. The molecule has 0 radical (unpaired) electrons. The van der Waals surface area contributed by atoms with Crippen LogP contribution in [0.4, 0.5) is 0 Å². The standard InChI is InChI=1S/C21H22N4OS2/c1-4-10-25-11-9-22-21(25)27-12-16-23-19(26)18-17(14(3)28-20(18)24-16)15-7-5-13(2)6-8-15/h5-9,11H,4,10,12H2,1-3H3,(H,23,24,26). The normalized spacial score (nSPS) is 11.4. The third-order valence-corrected chi connectivity index (χ3v) is 6.62. The smallest absolute Gasteiger partial charge is 0.260 e. The van der Waals surface area contributed by atoms with E-state index in [2.05, 4.69) is 59.6 Å². The molecule has 3 heterocycles. The second-order valence-corrected chi connectivity index (χ2v) is 8.93. The lowest BCUT2D eigenvalue weighted by Crippen LogP contribution is -2.11. The van der Waals surface area contributed by atoms with Crippen molar-refractivity contribution in [1.82, 2.24) is 19.5 Å². The number of hydrogen-bond donors (Lipinski definition) is 1. The Balaban J connectivity index is 1.67. The molecule has 3 aromatic heterocycles. The number of hydrogen-bond acceptors (Lipinski definition) is 5. The Bertz CT molecular complexity index is 1170. The molecule has 0 unspecified atom stereocenters. The summed E-state index contributed by atoms with van der Waals surface area (Å²) in [5, 5.41) is 1.64. The van der Waals surface area contributed by atoms with Gasteiger partial charge in [-0.2, -0.15) is 0 Å². The maximum absolute atomic E-state index is 12.9. The molecule has 1 aromatic carbocycles. The Labute approximate surface area is 171 Å². The number of H-pyrrole nitrogens is 1. The van der Waals surface area contributed by atoms with Gasteiger partial charge in [0.1, 0.15) is 10.7 Å². The summed E-state index contributed by atoms with van der Waals surface area (Å²) < 4.78 is 2.13. The fraction of sp³-hybridized carbons (Fsp3) is 0.286. The van der Waals surface area contributed by atoms with Crippen LogP contribution >= 0.6 is 23.1 Å². The predicted molar refractivity (Wildman–Crippen MR) is 117 cm³/mol. The van der Waals surface area contributed by atoms with Gasteiger partial charge in [-0.1, -0.05) is 48.5 Å². The number of nitrogens with one attached hydrogen (secondary N) is 1. The SMILES string of the molecule is CCCn1ccnc1SCc1nc2sc(C)c(-c3ccc(C)cc3)c2c(=O)[nH]1. The van der Waals surface area contributed by atoms with Crippen LogP contribution in [0.1, 0.15) is 29.6 Å². The summed E-state index contributed by atoms with van der Waals surface area (Å²) in [6.07, 6.45) is 4.86. The summed E-state index contributed by atoms with van der Waals surface area (Å²) in [5.41, 5.74) is 3.18. The Morgan fingerprint density at radius 3 is 2.75 bits per heavy atom. The predicted octanol–water partition coefficient (Wildman–Crippen LogP) is 5.17. The van der Waals surface area contributed by atoms with Gasteiger partial charge in [-0.3, -0.25) is 4.79 Å². The molecule has 7 heteroatoms. The number of rotatable bonds is 6. The van der Waals surface area contributed by atoms with Crippen molar-refractivity contribution < 1.29 is 0 Å². The van der Waals surface area contributed by atoms with Crippen LogP contribution < -0.4 is 5.56 Å². The lowest BCUT2D eigenvalue weighted by Gasteiger charge is -2.06. The number of aryl methyl sites for hydroxylation is 3. The summed E-state index contributed by atoms with van der Waals surface area (Å²) in [6.45, 7) is 7.20. The van der Waals surface area contributed by atoms with Gasteiger partial charge in [-0.15, -0.1) is 11.3 Å². The third-order valence-electron chi connectivity index (χ3n) is 4.61. The highest BCUT2D eigenvalue weighted by atomic mass is 32.2. The van der Waals surface area contributed by atoms with Gasteiger partial charge in [0.15, 0.2) is 5.16 Å². The summed E-state index contributed by atoms with van der Waals surface area (Å²) in [6, 6.07) is 8.29. The zero-order valence-corrected chi connectivity index (χ0v) is 17.8. The summed E-state index contributed by atoms with van der Waals surface area (Å²) in [7, 11) is 0. The molecule has 0 amide bonds. The van der Waals surface area contributed by atoms with Crippen molar-refractivity contribution in [2.24, 2.45) is 0 Å². The topological polar surface area (TPSA) is 63.6 Å². The van der Waals surface area contributed by atoms with E-state index in [1.807, 2.05) is 12.4 Å². The van der Waals surface area contributed by atoms with E-state index in [4.69, 9.17) is 4.98 Å². The molecule has 4 aromatic rings. The van der Waals surface area contributed by atoms with Gasteiger partial charge >= 0.3 is 0 Å². The largest absolute Gasteiger partial charge is 0.326 e. The maximum atomic E-state index is 12.9. The van der Waals surface area contributed by atoms with Crippen molar-refractivity contribution in [2.75, 3.05) is 0 Å². The number of thiophene rings is 1. The molecule has 1 N–H and O–H groups in total. The van der Waals surface area contributed by atoms with E-state index in [9.17, 15) is 4.79 Å². The molecule has 0 saturated heterocycles. The number of fused-ring (bicyclic) bond motifs is 1. The molecule has 0 aliphatic carbocycles. The molecule has 0 spiro atoms. The van der Waals surface area contributed by atoms with E-state index in [1.165, 1.54) is 5.56 Å². The molecule has 4 rings (SSSR count). The number of aromatic nitrogens is 4. The van der Waals surface area contributed by atoms with Gasteiger partial charge in [0.2, 0.25) is 0 Å².